The molecule has 1 heterocycles. The monoisotopic (exact) mass is 488 g/mol. The third-order valence-electron chi connectivity index (χ3n) is 4.96. The lowest BCUT2D eigenvalue weighted by molar-refractivity contribution is -0.136. The van der Waals surface area contributed by atoms with E-state index in [1.165, 1.54) is 24.4 Å². The molecule has 0 saturated heterocycles. The maximum absolute atomic E-state index is 13.1. The Morgan fingerprint density at radius 1 is 1.15 bits per heavy atom. The molecular weight excluding hydrogens is 465 g/mol. The molecule has 34 heavy (non-hydrogen) atoms. The van der Waals surface area contributed by atoms with E-state index in [0.29, 0.717) is 12.2 Å². The first-order valence-electron chi connectivity index (χ1n) is 10.3. The summed E-state index contributed by atoms with van der Waals surface area (Å²) >= 11 is 5.08. The molecule has 0 unspecified atom stereocenters. The van der Waals surface area contributed by atoms with Crippen LogP contribution in [0.1, 0.15) is 39.8 Å². The van der Waals surface area contributed by atoms with Crippen LogP contribution in [-0.2, 0) is 10.9 Å². The van der Waals surface area contributed by atoms with E-state index in [0.717, 1.165) is 28.7 Å². The molecule has 0 spiro atoms. The number of nitrogens with zero attached hydrogens (tertiary/aromatic N) is 2. The lowest BCUT2D eigenvalue weighted by Crippen LogP contribution is -2.25. The number of thiocarbonyl (C=S) groups is 1. The van der Waals surface area contributed by atoms with Crippen molar-refractivity contribution in [1.82, 2.24) is 9.99 Å². The number of hydrazone groups is 1. The second kappa shape index (κ2) is 10.5. The van der Waals surface area contributed by atoms with Gasteiger partial charge in [-0.2, -0.15) is 18.3 Å². The first-order valence-corrected chi connectivity index (χ1v) is 10.8. The summed E-state index contributed by atoms with van der Waals surface area (Å²) < 4.78 is 46.4. The molecule has 10 heteroatoms. The number of aromatic nitrogens is 1. The number of halogens is 3. The van der Waals surface area contributed by atoms with Crippen molar-refractivity contribution in [3.8, 4) is 5.69 Å². The van der Waals surface area contributed by atoms with Crippen LogP contribution >= 0.6 is 12.2 Å². The van der Waals surface area contributed by atoms with Crippen molar-refractivity contribution in [1.29, 1.82) is 0 Å². The smallest absolute Gasteiger partial charge is 0.418 e. The highest BCUT2D eigenvalue weighted by Crippen LogP contribution is 2.34. The van der Waals surface area contributed by atoms with Gasteiger partial charge in [0.15, 0.2) is 5.11 Å². The highest BCUT2D eigenvalue weighted by atomic mass is 32.1. The Balaban J connectivity index is 1.71. The van der Waals surface area contributed by atoms with E-state index >= 15 is 0 Å². The van der Waals surface area contributed by atoms with Gasteiger partial charge in [-0.05, 0) is 75.5 Å². The van der Waals surface area contributed by atoms with Gasteiger partial charge in [-0.15, -0.1) is 0 Å². The van der Waals surface area contributed by atoms with E-state index in [-0.39, 0.29) is 16.8 Å². The average molecular weight is 489 g/mol. The molecule has 0 amide bonds. The summed E-state index contributed by atoms with van der Waals surface area (Å²) in [4.78, 5) is 11.9. The minimum atomic E-state index is -4.51. The van der Waals surface area contributed by atoms with Crippen LogP contribution in [0.3, 0.4) is 0 Å². The lowest BCUT2D eigenvalue weighted by atomic mass is 10.2. The maximum atomic E-state index is 13.1. The van der Waals surface area contributed by atoms with Crippen LogP contribution in [0.5, 0.6) is 0 Å². The number of carbonyl (C=O) groups excluding carboxylic acids is 1. The minimum Gasteiger partial charge on any atom is -0.462 e. The van der Waals surface area contributed by atoms with Crippen molar-refractivity contribution < 1.29 is 22.7 Å². The van der Waals surface area contributed by atoms with Gasteiger partial charge in [0.05, 0.1) is 29.6 Å². The Morgan fingerprint density at radius 2 is 1.82 bits per heavy atom. The number of hydrogen-bond acceptors (Lipinski definition) is 4. The average Bonchev–Trinajstić information content (AvgIpc) is 3.06. The van der Waals surface area contributed by atoms with E-state index in [1.54, 1.807) is 19.1 Å². The third kappa shape index (κ3) is 5.82. The molecule has 2 aromatic carbocycles. The topological polar surface area (TPSA) is 67.7 Å². The molecule has 6 nitrogen and oxygen atoms in total. The number of anilines is 1. The fourth-order valence-electron chi connectivity index (χ4n) is 3.43. The lowest BCUT2D eigenvalue weighted by Gasteiger charge is -2.14. The Kier molecular flexibility index (Phi) is 7.72. The number of benzene rings is 2. The number of ether oxygens (including phenoxy) is 1. The molecular formula is C24H23F3N4O2S. The molecule has 0 aliphatic carbocycles. The number of para-hydroxylation sites is 1. The van der Waals surface area contributed by atoms with Crippen LogP contribution in [0, 0.1) is 13.8 Å². The van der Waals surface area contributed by atoms with Crippen molar-refractivity contribution in [3.05, 3.63) is 82.7 Å². The summed E-state index contributed by atoms with van der Waals surface area (Å²) in [7, 11) is 0. The van der Waals surface area contributed by atoms with E-state index < -0.39 is 11.7 Å². The minimum absolute atomic E-state index is 0.0729. The molecule has 178 valence electrons. The van der Waals surface area contributed by atoms with Crippen LogP contribution in [0.25, 0.3) is 5.69 Å². The van der Waals surface area contributed by atoms with E-state index in [4.69, 9.17) is 17.0 Å². The maximum Gasteiger partial charge on any atom is 0.418 e. The summed E-state index contributed by atoms with van der Waals surface area (Å²) in [5.41, 5.74) is 5.50. The third-order valence-corrected chi connectivity index (χ3v) is 5.15. The zero-order chi connectivity index (χ0) is 24.9. The Labute approximate surface area is 200 Å². The molecule has 0 radical (unpaired) electrons. The molecule has 0 bridgehead atoms. The quantitative estimate of drug-likeness (QED) is 0.204. The predicted octanol–water partition coefficient (Wildman–Crippen LogP) is 5.61. The number of rotatable bonds is 6. The van der Waals surface area contributed by atoms with Crippen molar-refractivity contribution in [3.63, 3.8) is 0 Å². The van der Waals surface area contributed by atoms with Gasteiger partial charge >= 0.3 is 12.1 Å². The van der Waals surface area contributed by atoms with Crippen LogP contribution in [0.2, 0.25) is 0 Å². The summed E-state index contributed by atoms with van der Waals surface area (Å²) in [6.45, 7) is 5.89. The van der Waals surface area contributed by atoms with Gasteiger partial charge in [-0.1, -0.05) is 12.1 Å². The Hall–Kier alpha value is -3.66. The summed E-state index contributed by atoms with van der Waals surface area (Å²) in [5.74, 6) is -0.378. The van der Waals surface area contributed by atoms with E-state index in [2.05, 4.69) is 15.8 Å². The van der Waals surface area contributed by atoms with E-state index in [9.17, 15) is 18.0 Å². The normalized spacial score (nSPS) is 11.5. The molecule has 3 aromatic rings. The van der Waals surface area contributed by atoms with Gasteiger partial charge in [-0.25, -0.2) is 4.79 Å². The molecule has 2 N–H and O–H groups in total. The standard InChI is InChI=1S/C24H23F3N4O2S/c1-4-33-22(32)17-9-11-19(12-10-17)31-15(2)13-18(16(31)3)14-28-30-23(34)29-21-8-6-5-7-20(21)24(25,26)27/h5-14H,4H2,1-3H3,(H2,29,30,34). The van der Waals surface area contributed by atoms with Gasteiger partial charge in [0.2, 0.25) is 0 Å². The number of nitrogens with one attached hydrogen (secondary N) is 2. The highest BCUT2D eigenvalue weighted by Gasteiger charge is 2.33. The first kappa shape index (κ1) is 25.0. The van der Waals surface area contributed by atoms with Gasteiger partial charge in [0.1, 0.15) is 0 Å². The highest BCUT2D eigenvalue weighted by molar-refractivity contribution is 7.80. The predicted molar refractivity (Wildman–Crippen MR) is 130 cm³/mol. The molecule has 1 aromatic heterocycles. The Bertz CT molecular complexity index is 1220. The van der Waals surface area contributed by atoms with Crippen LogP contribution in [0.4, 0.5) is 18.9 Å². The fraction of sp³-hybridized carbons (Fsp3) is 0.208. The molecule has 0 fully saturated rings. The molecule has 0 aliphatic rings. The van der Waals surface area contributed by atoms with Gasteiger partial charge in [-0.3, -0.25) is 5.43 Å². The number of hydrogen-bond donors (Lipinski definition) is 2. The summed E-state index contributed by atoms with van der Waals surface area (Å²) in [5, 5.41) is 6.52. The van der Waals surface area contributed by atoms with E-state index in [1.807, 2.05) is 36.6 Å². The zero-order valence-electron chi connectivity index (χ0n) is 18.7. The van der Waals surface area contributed by atoms with Crippen LogP contribution in [-0.4, -0.2) is 28.5 Å². The molecule has 0 saturated carbocycles. The van der Waals surface area contributed by atoms with Crippen molar-refractivity contribution >= 4 is 35.2 Å². The zero-order valence-corrected chi connectivity index (χ0v) is 19.6. The van der Waals surface area contributed by atoms with Crippen molar-refractivity contribution in [2.75, 3.05) is 11.9 Å². The molecule has 0 aliphatic heterocycles. The largest absolute Gasteiger partial charge is 0.462 e. The number of alkyl halides is 3. The second-order valence-electron chi connectivity index (χ2n) is 7.30. The fourth-order valence-corrected chi connectivity index (χ4v) is 3.59. The van der Waals surface area contributed by atoms with Crippen molar-refractivity contribution in [2.24, 2.45) is 5.10 Å². The summed E-state index contributed by atoms with van der Waals surface area (Å²) in [6, 6.07) is 14.0. The first-order chi connectivity index (χ1) is 16.1. The SMILES string of the molecule is CCOC(=O)c1ccc(-n2c(C)cc(C=NNC(=S)Nc3ccccc3C(F)(F)F)c2C)cc1. The van der Waals surface area contributed by atoms with Gasteiger partial charge < -0.3 is 14.6 Å². The number of esters is 1. The second-order valence-corrected chi connectivity index (χ2v) is 7.70. The van der Waals surface area contributed by atoms with Crippen molar-refractivity contribution in [2.45, 2.75) is 26.9 Å². The number of aryl methyl sites for hydroxylation is 1. The molecule has 3 rings (SSSR count). The number of carbonyl (C=O) groups is 1. The Morgan fingerprint density at radius 3 is 2.47 bits per heavy atom. The summed E-state index contributed by atoms with van der Waals surface area (Å²) in [6.07, 6.45) is -2.97. The van der Waals surface area contributed by atoms with Crippen LogP contribution in [0.15, 0.2) is 59.7 Å². The van der Waals surface area contributed by atoms with Gasteiger partial charge in [0.25, 0.3) is 0 Å². The van der Waals surface area contributed by atoms with Gasteiger partial charge in [0, 0.05) is 22.6 Å². The van der Waals surface area contributed by atoms with Crippen LogP contribution < -0.4 is 10.7 Å². The molecule has 0 atom stereocenters.